The second kappa shape index (κ2) is 6.67. The molecule has 1 aliphatic rings. The highest BCUT2D eigenvalue weighted by Crippen LogP contribution is 2.36. The monoisotopic (exact) mass is 390 g/mol. The van der Waals surface area contributed by atoms with Gasteiger partial charge in [0.05, 0.1) is 6.04 Å². The summed E-state index contributed by atoms with van der Waals surface area (Å²) < 4.78 is 0.968. The minimum Gasteiger partial charge on any atom is -0.347 e. The number of carbonyl (C=O) groups excluding carboxylic acids is 1. The molecule has 0 aliphatic carbocycles. The van der Waals surface area contributed by atoms with E-state index in [1.165, 1.54) is 10.5 Å². The first kappa shape index (κ1) is 16.6. The molecule has 1 amide bonds. The molecule has 120 valence electrons. The lowest BCUT2D eigenvalue weighted by Crippen LogP contribution is -2.50. The molecule has 0 radical (unpaired) electrons. The number of nitrogens with two attached hydrogens (primary N) is 1. The van der Waals surface area contributed by atoms with Crippen LogP contribution in [0.4, 0.5) is 0 Å². The van der Waals surface area contributed by atoms with Gasteiger partial charge in [0.15, 0.2) is 0 Å². The molecule has 3 nitrogen and oxygen atoms in total. The number of hydrogen-bond donors (Lipinski definition) is 2. The largest absolute Gasteiger partial charge is 0.347 e. The fourth-order valence-electron chi connectivity index (χ4n) is 2.73. The minimum atomic E-state index is -1.06. The molecule has 0 bridgehead atoms. The van der Waals surface area contributed by atoms with E-state index in [1.54, 1.807) is 6.92 Å². The van der Waals surface area contributed by atoms with Crippen LogP contribution in [0, 0.1) is 0 Å². The van der Waals surface area contributed by atoms with E-state index in [4.69, 9.17) is 5.73 Å². The van der Waals surface area contributed by atoms with Crippen LogP contribution in [0.1, 0.15) is 30.5 Å². The number of benzene rings is 2. The topological polar surface area (TPSA) is 55.1 Å². The number of thioether (sulfide) groups is 1. The molecule has 2 aromatic rings. The molecule has 1 heterocycles. The fraction of sp³-hybridized carbons (Fsp3) is 0.278. The molecule has 2 atom stereocenters. The molecule has 0 spiro atoms. The van der Waals surface area contributed by atoms with Crippen molar-refractivity contribution < 1.29 is 4.79 Å². The van der Waals surface area contributed by atoms with Gasteiger partial charge in [0.25, 0.3) is 0 Å². The Balaban J connectivity index is 1.80. The normalized spacial score (nSPS) is 19.5. The third kappa shape index (κ3) is 3.47. The Morgan fingerprint density at radius 3 is 2.70 bits per heavy atom. The van der Waals surface area contributed by atoms with Gasteiger partial charge in [-0.1, -0.05) is 46.3 Å². The highest BCUT2D eigenvalue weighted by atomic mass is 79.9. The average Bonchev–Trinajstić information content (AvgIpc) is 2.55. The minimum absolute atomic E-state index is 0.0262. The zero-order chi connectivity index (χ0) is 16.4. The Kier molecular flexibility index (Phi) is 4.80. The molecule has 0 saturated heterocycles. The zero-order valence-corrected chi connectivity index (χ0v) is 15.3. The van der Waals surface area contributed by atoms with Crippen LogP contribution < -0.4 is 11.1 Å². The highest BCUT2D eigenvalue weighted by molar-refractivity contribution is 9.10. The fourth-order valence-corrected chi connectivity index (χ4v) is 4.12. The maximum absolute atomic E-state index is 12.8. The third-order valence-corrected chi connectivity index (χ3v) is 5.83. The summed E-state index contributed by atoms with van der Waals surface area (Å²) in [7, 11) is 0. The summed E-state index contributed by atoms with van der Waals surface area (Å²) in [5.74, 6) is 0.855. The summed E-state index contributed by atoms with van der Waals surface area (Å²) in [6, 6.07) is 15.8. The van der Waals surface area contributed by atoms with Gasteiger partial charge in [0.2, 0.25) is 5.91 Å². The summed E-state index contributed by atoms with van der Waals surface area (Å²) >= 11 is 5.24. The van der Waals surface area contributed by atoms with Gasteiger partial charge in [0.1, 0.15) is 5.54 Å². The van der Waals surface area contributed by atoms with E-state index in [-0.39, 0.29) is 11.9 Å². The molecule has 0 saturated carbocycles. The van der Waals surface area contributed by atoms with Gasteiger partial charge in [-0.25, -0.2) is 0 Å². The van der Waals surface area contributed by atoms with Crippen LogP contribution in [0.25, 0.3) is 0 Å². The maximum Gasteiger partial charge on any atom is 0.244 e. The van der Waals surface area contributed by atoms with Crippen LogP contribution in [0.15, 0.2) is 57.9 Å². The summed E-state index contributed by atoms with van der Waals surface area (Å²) in [5.41, 5.74) is 7.27. The zero-order valence-electron chi connectivity index (χ0n) is 12.9. The summed E-state index contributed by atoms with van der Waals surface area (Å²) in [6.45, 7) is 1.76. The molecule has 0 fully saturated rings. The Labute approximate surface area is 149 Å². The second-order valence-corrected chi connectivity index (χ2v) is 7.96. The first-order chi connectivity index (χ1) is 11.0. The van der Waals surface area contributed by atoms with E-state index in [9.17, 15) is 4.79 Å². The molecule has 23 heavy (non-hydrogen) atoms. The van der Waals surface area contributed by atoms with Crippen LogP contribution in [-0.2, 0) is 10.3 Å². The smallest absolute Gasteiger partial charge is 0.244 e. The Hall–Kier alpha value is -1.30. The Bertz CT molecular complexity index is 715. The van der Waals surface area contributed by atoms with Crippen LogP contribution in [0.5, 0.6) is 0 Å². The van der Waals surface area contributed by atoms with Crippen molar-refractivity contribution in [3.8, 4) is 0 Å². The van der Waals surface area contributed by atoms with E-state index >= 15 is 0 Å². The van der Waals surface area contributed by atoms with Gasteiger partial charge in [-0.3, -0.25) is 4.79 Å². The number of amides is 1. The van der Waals surface area contributed by atoms with Gasteiger partial charge in [0, 0.05) is 15.1 Å². The van der Waals surface area contributed by atoms with Gasteiger partial charge in [-0.15, -0.1) is 11.8 Å². The van der Waals surface area contributed by atoms with Gasteiger partial charge >= 0.3 is 0 Å². The summed E-state index contributed by atoms with van der Waals surface area (Å²) in [5, 5.41) is 3.14. The standard InChI is InChI=1S/C18H19BrN2OS/c1-18(20,12-6-8-13(19)9-7-12)17(22)21-15-10-11-23-16-5-3-2-4-14(15)16/h2-9,15H,10-11,20H2,1H3,(H,21,22). The first-order valence-electron chi connectivity index (χ1n) is 7.56. The number of carbonyl (C=O) groups is 1. The number of rotatable bonds is 3. The van der Waals surface area contributed by atoms with Crippen LogP contribution in [0.2, 0.25) is 0 Å². The van der Waals surface area contributed by atoms with Crippen LogP contribution in [-0.4, -0.2) is 11.7 Å². The Morgan fingerprint density at radius 1 is 1.26 bits per heavy atom. The second-order valence-electron chi connectivity index (χ2n) is 5.91. The lowest BCUT2D eigenvalue weighted by Gasteiger charge is -2.30. The van der Waals surface area contributed by atoms with Gasteiger partial charge in [-0.2, -0.15) is 0 Å². The van der Waals surface area contributed by atoms with E-state index in [2.05, 4.69) is 33.4 Å². The quantitative estimate of drug-likeness (QED) is 0.832. The molecule has 5 heteroatoms. The number of fused-ring (bicyclic) bond motifs is 1. The molecule has 3 N–H and O–H groups in total. The van der Waals surface area contributed by atoms with Crippen LogP contribution in [0.3, 0.4) is 0 Å². The summed E-state index contributed by atoms with van der Waals surface area (Å²) in [6.07, 6.45) is 0.920. The molecule has 2 unspecified atom stereocenters. The van der Waals surface area contributed by atoms with E-state index < -0.39 is 5.54 Å². The predicted octanol–water partition coefficient (Wildman–Crippen LogP) is 3.98. The molecule has 2 aromatic carbocycles. The van der Waals surface area contributed by atoms with Crippen molar-refractivity contribution in [2.75, 3.05) is 5.75 Å². The molecule has 3 rings (SSSR count). The first-order valence-corrected chi connectivity index (χ1v) is 9.34. The van der Waals surface area contributed by atoms with E-state index in [0.717, 1.165) is 22.2 Å². The average molecular weight is 391 g/mol. The number of nitrogens with one attached hydrogen (secondary N) is 1. The highest BCUT2D eigenvalue weighted by Gasteiger charge is 2.33. The van der Waals surface area contributed by atoms with Crippen molar-refractivity contribution in [2.45, 2.75) is 29.8 Å². The number of hydrogen-bond acceptors (Lipinski definition) is 3. The van der Waals surface area contributed by atoms with E-state index in [1.807, 2.05) is 48.2 Å². The predicted molar refractivity (Wildman–Crippen MR) is 98.3 cm³/mol. The van der Waals surface area contributed by atoms with Crippen molar-refractivity contribution in [2.24, 2.45) is 5.73 Å². The number of halogens is 1. The van der Waals surface area contributed by atoms with Crippen molar-refractivity contribution in [3.05, 3.63) is 64.1 Å². The van der Waals surface area contributed by atoms with Gasteiger partial charge in [-0.05, 0) is 42.7 Å². The molecule has 1 aliphatic heterocycles. The summed E-state index contributed by atoms with van der Waals surface area (Å²) in [4.78, 5) is 14.0. The lowest BCUT2D eigenvalue weighted by molar-refractivity contribution is -0.126. The Morgan fingerprint density at radius 2 is 1.96 bits per heavy atom. The van der Waals surface area contributed by atoms with Crippen molar-refractivity contribution in [1.82, 2.24) is 5.32 Å². The lowest BCUT2D eigenvalue weighted by atomic mass is 9.91. The van der Waals surface area contributed by atoms with Crippen molar-refractivity contribution >= 4 is 33.6 Å². The van der Waals surface area contributed by atoms with Crippen LogP contribution >= 0.6 is 27.7 Å². The van der Waals surface area contributed by atoms with E-state index in [0.29, 0.717) is 0 Å². The van der Waals surface area contributed by atoms with Gasteiger partial charge < -0.3 is 11.1 Å². The molecule has 0 aromatic heterocycles. The maximum atomic E-state index is 12.8. The van der Waals surface area contributed by atoms with Crippen molar-refractivity contribution in [3.63, 3.8) is 0 Å². The molecular formula is C18H19BrN2OS. The molecular weight excluding hydrogens is 372 g/mol. The SMILES string of the molecule is CC(N)(C(=O)NC1CCSc2ccccc21)c1ccc(Br)cc1. The van der Waals surface area contributed by atoms with Crippen molar-refractivity contribution in [1.29, 1.82) is 0 Å². The third-order valence-electron chi connectivity index (χ3n) is 4.18.